The summed E-state index contributed by atoms with van der Waals surface area (Å²) >= 11 is 6.13. The first-order valence-corrected chi connectivity index (χ1v) is 13.2. The number of rotatable bonds is 10. The Bertz CT molecular complexity index is 1260. The molecule has 8 nitrogen and oxygen atoms in total. The number of benzene rings is 2. The molecule has 1 fully saturated rings. The Morgan fingerprint density at radius 3 is 2.38 bits per heavy atom. The van der Waals surface area contributed by atoms with E-state index in [1.165, 1.54) is 24.3 Å². The summed E-state index contributed by atoms with van der Waals surface area (Å²) < 4.78 is 34.2. The Morgan fingerprint density at radius 1 is 0.941 bits per heavy atom. The molecule has 0 atom stereocenters. The van der Waals surface area contributed by atoms with Crippen LogP contribution in [0.25, 0.3) is 10.9 Å². The zero-order chi connectivity index (χ0) is 24.0. The van der Waals surface area contributed by atoms with Crippen LogP contribution in [0.2, 0.25) is 5.02 Å². The van der Waals surface area contributed by atoms with Crippen molar-refractivity contribution >= 4 is 32.5 Å². The summed E-state index contributed by atoms with van der Waals surface area (Å²) in [5.41, 5.74) is -0.0119. The van der Waals surface area contributed by atoms with Gasteiger partial charge in [0.2, 0.25) is 15.6 Å². The molecule has 4 rings (SSSR count). The van der Waals surface area contributed by atoms with E-state index in [0.717, 1.165) is 44.9 Å². The minimum Gasteiger partial charge on any atom is -0.494 e. The van der Waals surface area contributed by atoms with Crippen molar-refractivity contribution in [2.75, 3.05) is 52.4 Å². The van der Waals surface area contributed by atoms with Gasteiger partial charge in [0.1, 0.15) is 5.75 Å². The zero-order valence-corrected chi connectivity index (χ0v) is 20.4. The van der Waals surface area contributed by atoms with E-state index in [4.69, 9.17) is 16.3 Å². The topological polar surface area (TPSA) is 94.7 Å². The molecule has 3 aromatic rings. The van der Waals surface area contributed by atoms with E-state index in [-0.39, 0.29) is 10.5 Å². The summed E-state index contributed by atoms with van der Waals surface area (Å²) in [6.45, 7) is 6.31. The summed E-state index contributed by atoms with van der Waals surface area (Å²) in [6.07, 6.45) is 0.967. The smallest absolute Gasteiger partial charge is 0.248 e. The van der Waals surface area contributed by atoms with Crippen LogP contribution in [0.4, 0.5) is 0 Å². The van der Waals surface area contributed by atoms with E-state index in [1.807, 2.05) is 30.3 Å². The lowest BCUT2D eigenvalue weighted by Gasteiger charge is -2.34. The van der Waals surface area contributed by atoms with Gasteiger partial charge in [-0.3, -0.25) is 9.69 Å². The summed E-state index contributed by atoms with van der Waals surface area (Å²) in [4.78, 5) is 19.0. The van der Waals surface area contributed by atoms with Gasteiger partial charge in [0.25, 0.3) is 0 Å². The molecule has 34 heavy (non-hydrogen) atoms. The monoisotopic (exact) mass is 504 g/mol. The molecule has 0 aliphatic carbocycles. The van der Waals surface area contributed by atoms with Crippen LogP contribution < -0.4 is 15.0 Å². The number of nitrogens with zero attached hydrogens (tertiary/aromatic N) is 2. The van der Waals surface area contributed by atoms with Crippen LogP contribution in [-0.2, 0) is 10.0 Å². The lowest BCUT2D eigenvalue weighted by atomic mass is 10.2. The predicted octanol–water partition coefficient (Wildman–Crippen LogP) is 2.55. The number of aromatic nitrogens is 1. The van der Waals surface area contributed by atoms with Gasteiger partial charge in [0, 0.05) is 57.3 Å². The number of pyridine rings is 1. The number of hydrogen-bond donors (Lipinski definition) is 2. The first kappa shape index (κ1) is 24.7. The highest BCUT2D eigenvalue weighted by atomic mass is 35.5. The zero-order valence-electron chi connectivity index (χ0n) is 18.9. The Kier molecular flexibility index (Phi) is 8.23. The maximum Gasteiger partial charge on any atom is 0.248 e. The van der Waals surface area contributed by atoms with Crippen molar-refractivity contribution in [1.29, 1.82) is 0 Å². The number of para-hydroxylation sites is 1. The average Bonchev–Trinajstić information content (AvgIpc) is 2.84. The second-order valence-electron chi connectivity index (χ2n) is 8.25. The minimum absolute atomic E-state index is 0.102. The van der Waals surface area contributed by atoms with Crippen LogP contribution in [0.5, 0.6) is 5.75 Å². The number of nitrogens with one attached hydrogen (secondary N) is 2. The van der Waals surface area contributed by atoms with Crippen molar-refractivity contribution in [2.24, 2.45) is 0 Å². The fraction of sp³-hybridized carbons (Fsp3) is 0.375. The normalized spacial score (nSPS) is 15.6. The maximum atomic E-state index is 12.9. The Hall–Kier alpha value is -2.43. The number of halogens is 1. The first-order chi connectivity index (χ1) is 16.4. The van der Waals surface area contributed by atoms with Gasteiger partial charge in [-0.15, -0.1) is 0 Å². The molecule has 1 aromatic heterocycles. The van der Waals surface area contributed by atoms with Gasteiger partial charge in [-0.05, 0) is 36.8 Å². The molecular formula is C24H29ClN4O4S. The molecule has 1 aliphatic heterocycles. The van der Waals surface area contributed by atoms with Gasteiger partial charge in [0.15, 0.2) is 0 Å². The van der Waals surface area contributed by atoms with E-state index < -0.39 is 10.0 Å². The maximum absolute atomic E-state index is 12.9. The number of hydrogen-bond acceptors (Lipinski definition) is 6. The van der Waals surface area contributed by atoms with Gasteiger partial charge >= 0.3 is 0 Å². The highest BCUT2D eigenvalue weighted by Crippen LogP contribution is 2.26. The third-order valence-electron chi connectivity index (χ3n) is 5.91. The van der Waals surface area contributed by atoms with Gasteiger partial charge in [-0.1, -0.05) is 29.8 Å². The Balaban J connectivity index is 1.21. The number of ether oxygens (including phenoxy) is 1. The van der Waals surface area contributed by atoms with Crippen LogP contribution in [0.1, 0.15) is 6.42 Å². The fourth-order valence-corrected chi connectivity index (χ4v) is 5.51. The van der Waals surface area contributed by atoms with Crippen LogP contribution in [0.15, 0.2) is 64.3 Å². The SMILES string of the molecule is O=c1ccc2c(S(=O)(=O)NCCN3CCN(CCCOc4ccccc4)CC3)ccc(Cl)c2[nH]1. The third-order valence-corrected chi connectivity index (χ3v) is 7.74. The Labute approximate surface area is 204 Å². The molecule has 1 aliphatic rings. The van der Waals surface area contributed by atoms with Gasteiger partial charge in [0.05, 0.1) is 22.0 Å². The van der Waals surface area contributed by atoms with E-state index >= 15 is 0 Å². The van der Waals surface area contributed by atoms with Crippen LogP contribution in [0.3, 0.4) is 0 Å². The molecule has 0 spiro atoms. The molecule has 182 valence electrons. The molecular weight excluding hydrogens is 476 g/mol. The molecule has 0 radical (unpaired) electrons. The van der Waals surface area contributed by atoms with Crippen LogP contribution in [0, 0.1) is 0 Å². The number of fused-ring (bicyclic) bond motifs is 1. The highest BCUT2D eigenvalue weighted by molar-refractivity contribution is 7.89. The highest BCUT2D eigenvalue weighted by Gasteiger charge is 2.20. The lowest BCUT2D eigenvalue weighted by Crippen LogP contribution is -2.48. The minimum atomic E-state index is -3.75. The number of piperazine rings is 1. The van der Waals surface area contributed by atoms with E-state index in [2.05, 4.69) is 19.5 Å². The van der Waals surface area contributed by atoms with Crippen molar-refractivity contribution < 1.29 is 13.2 Å². The summed E-state index contributed by atoms with van der Waals surface area (Å²) in [5.74, 6) is 0.898. The van der Waals surface area contributed by atoms with Crippen molar-refractivity contribution in [3.63, 3.8) is 0 Å². The van der Waals surface area contributed by atoms with Crippen LogP contribution >= 0.6 is 11.6 Å². The average molecular weight is 505 g/mol. The standard InChI is InChI=1S/C24H29ClN4O4S/c25-21-8-9-22(20-7-10-23(30)27-24(20)21)34(31,32)26-11-13-29-16-14-28(15-17-29)12-4-18-33-19-5-2-1-3-6-19/h1-3,5-10,26H,4,11-18H2,(H,27,30). The lowest BCUT2D eigenvalue weighted by molar-refractivity contribution is 0.128. The van der Waals surface area contributed by atoms with Gasteiger partial charge in [-0.2, -0.15) is 0 Å². The summed E-state index contributed by atoms with van der Waals surface area (Å²) in [7, 11) is -3.75. The van der Waals surface area contributed by atoms with Crippen LogP contribution in [-0.4, -0.2) is 75.6 Å². The molecule has 0 unspecified atom stereocenters. The molecule has 1 saturated heterocycles. The number of H-pyrrole nitrogens is 1. The van der Waals surface area contributed by atoms with Gasteiger partial charge < -0.3 is 14.6 Å². The third kappa shape index (κ3) is 6.37. The van der Waals surface area contributed by atoms with Crippen molar-refractivity contribution in [2.45, 2.75) is 11.3 Å². The molecule has 2 heterocycles. The van der Waals surface area contributed by atoms with Crippen molar-refractivity contribution in [1.82, 2.24) is 19.5 Å². The van der Waals surface area contributed by atoms with Crippen molar-refractivity contribution in [3.8, 4) is 5.75 Å². The number of aromatic amines is 1. The fourth-order valence-electron chi connectivity index (χ4n) is 4.07. The largest absolute Gasteiger partial charge is 0.494 e. The molecule has 2 N–H and O–H groups in total. The summed E-state index contributed by atoms with van der Waals surface area (Å²) in [6, 6.07) is 15.6. The van der Waals surface area contributed by atoms with E-state index in [9.17, 15) is 13.2 Å². The number of sulfonamides is 1. The predicted molar refractivity (Wildman–Crippen MR) is 134 cm³/mol. The van der Waals surface area contributed by atoms with E-state index in [1.54, 1.807) is 0 Å². The quantitative estimate of drug-likeness (QED) is 0.412. The van der Waals surface area contributed by atoms with Crippen molar-refractivity contribution in [3.05, 3.63) is 70.0 Å². The first-order valence-electron chi connectivity index (χ1n) is 11.4. The molecule has 0 bridgehead atoms. The molecule has 10 heteroatoms. The second-order valence-corrected chi connectivity index (χ2v) is 10.4. The summed E-state index contributed by atoms with van der Waals surface area (Å²) in [5, 5.41) is 0.695. The molecule has 0 amide bonds. The van der Waals surface area contributed by atoms with Gasteiger partial charge in [-0.25, -0.2) is 13.1 Å². The molecule has 0 saturated carbocycles. The molecule has 2 aromatic carbocycles. The van der Waals surface area contributed by atoms with E-state index in [0.29, 0.717) is 35.6 Å². The second kappa shape index (κ2) is 11.3. The Morgan fingerprint density at radius 2 is 1.65 bits per heavy atom.